The molecule has 30 heavy (non-hydrogen) atoms. The zero-order chi connectivity index (χ0) is 21.4. The van der Waals surface area contributed by atoms with Crippen molar-refractivity contribution in [3.63, 3.8) is 0 Å². The normalized spacial score (nSPS) is 22.0. The Hall–Kier alpha value is -3.55. The Bertz CT molecular complexity index is 1360. The van der Waals surface area contributed by atoms with Crippen molar-refractivity contribution in [3.05, 3.63) is 86.8 Å². The van der Waals surface area contributed by atoms with Crippen molar-refractivity contribution in [3.8, 4) is 5.75 Å². The molecule has 1 fully saturated rings. The smallest absolute Gasteiger partial charge is 0.202 e. The highest BCUT2D eigenvalue weighted by Crippen LogP contribution is 2.47. The number of phenols is 1. The van der Waals surface area contributed by atoms with Crippen LogP contribution in [0, 0.1) is 0 Å². The van der Waals surface area contributed by atoms with Gasteiger partial charge in [0, 0.05) is 17.2 Å². The number of aromatic hydroxyl groups is 1. The van der Waals surface area contributed by atoms with E-state index in [-0.39, 0.29) is 56.4 Å². The molecule has 1 aromatic heterocycles. The molecule has 0 saturated carbocycles. The maximum Gasteiger partial charge on any atom is 0.202 e. The second kappa shape index (κ2) is 5.98. The number of epoxide rings is 1. The van der Waals surface area contributed by atoms with Crippen molar-refractivity contribution in [2.75, 3.05) is 0 Å². The zero-order valence-electron chi connectivity index (χ0n) is 15.9. The number of carbonyl (C=O) groups is 2. The lowest BCUT2D eigenvalue weighted by Crippen LogP contribution is -2.23. The van der Waals surface area contributed by atoms with E-state index in [1.54, 1.807) is 13.0 Å². The maximum atomic E-state index is 13.3. The lowest BCUT2D eigenvalue weighted by Gasteiger charge is -2.21. The highest BCUT2D eigenvalue weighted by Gasteiger charge is 2.54. The Morgan fingerprint density at radius 1 is 1.13 bits per heavy atom. The van der Waals surface area contributed by atoms with Gasteiger partial charge in [0.05, 0.1) is 23.1 Å². The average molecular weight is 404 g/mol. The van der Waals surface area contributed by atoms with Crippen LogP contribution in [0.2, 0.25) is 0 Å². The monoisotopic (exact) mass is 404 g/mol. The minimum Gasteiger partial charge on any atom is -0.507 e. The van der Waals surface area contributed by atoms with E-state index in [0.717, 1.165) is 0 Å². The molecule has 150 valence electrons. The third kappa shape index (κ3) is 2.24. The quantitative estimate of drug-likeness (QED) is 0.398. The maximum absolute atomic E-state index is 13.3. The predicted molar refractivity (Wildman–Crippen MR) is 106 cm³/mol. The molecule has 7 nitrogen and oxygen atoms in total. The van der Waals surface area contributed by atoms with Crippen molar-refractivity contribution in [1.29, 1.82) is 0 Å². The molecule has 2 N–H and O–H groups in total. The fraction of sp³-hybridized carbons (Fsp3) is 0.174. The molecule has 0 spiro atoms. The van der Waals surface area contributed by atoms with E-state index in [0.29, 0.717) is 0 Å². The first-order valence-corrected chi connectivity index (χ1v) is 9.28. The number of rotatable bonds is 3. The molecule has 0 bridgehead atoms. The molecule has 0 amide bonds. The molecular formula is C23H16O7. The molecule has 0 unspecified atom stereocenters. The van der Waals surface area contributed by atoms with Crippen LogP contribution in [0.4, 0.5) is 0 Å². The van der Waals surface area contributed by atoms with Gasteiger partial charge in [-0.2, -0.15) is 0 Å². The summed E-state index contributed by atoms with van der Waals surface area (Å²) in [7, 11) is 0. The van der Waals surface area contributed by atoms with Crippen LogP contribution in [0.5, 0.6) is 5.75 Å². The minimum atomic E-state index is -0.918. The van der Waals surface area contributed by atoms with E-state index >= 15 is 0 Å². The summed E-state index contributed by atoms with van der Waals surface area (Å²) in [5, 5.41) is 20.1. The van der Waals surface area contributed by atoms with E-state index in [2.05, 4.69) is 6.58 Å². The number of fused-ring (bicyclic) bond motifs is 4. The average Bonchev–Trinajstić information content (AvgIpc) is 3.42. The number of phenolic OH excluding ortho intramolecular Hbond substituents is 1. The number of aliphatic hydroxyl groups is 1. The van der Waals surface area contributed by atoms with Crippen molar-refractivity contribution in [2.24, 2.45) is 0 Å². The molecule has 2 aromatic carbocycles. The van der Waals surface area contributed by atoms with Crippen molar-refractivity contribution < 1.29 is 29.0 Å². The molecule has 7 heteroatoms. The summed E-state index contributed by atoms with van der Waals surface area (Å²) in [5.41, 5.74) is -1.50. The number of benzene rings is 2. The number of hydrogen-bond acceptors (Lipinski definition) is 7. The minimum absolute atomic E-state index is 0.0112. The van der Waals surface area contributed by atoms with Crippen LogP contribution in [-0.2, 0) is 16.9 Å². The fourth-order valence-corrected chi connectivity index (χ4v) is 4.13. The second-order valence-electron chi connectivity index (χ2n) is 7.53. The SMILES string of the molecule is C=C[C@@H]1O[C@]1(C)c1cc(=O)c2c(CO)cc3c(c2o1)C(=O)c1c(O)cccc1C3=O. The van der Waals surface area contributed by atoms with Gasteiger partial charge in [0.1, 0.15) is 17.6 Å². The van der Waals surface area contributed by atoms with E-state index in [9.17, 15) is 24.6 Å². The Kier molecular flexibility index (Phi) is 3.68. The number of ketones is 2. The van der Waals surface area contributed by atoms with E-state index in [4.69, 9.17) is 9.15 Å². The number of ether oxygens (including phenoxy) is 1. The number of carbonyl (C=O) groups excluding carboxylic acids is 2. The van der Waals surface area contributed by atoms with Crippen molar-refractivity contribution >= 4 is 22.5 Å². The number of hydrogen-bond donors (Lipinski definition) is 2. The van der Waals surface area contributed by atoms with Crippen LogP contribution < -0.4 is 5.43 Å². The first-order valence-electron chi connectivity index (χ1n) is 9.28. The molecule has 3 aromatic rings. The molecule has 0 radical (unpaired) electrons. The molecule has 5 rings (SSSR count). The van der Waals surface area contributed by atoms with Crippen LogP contribution in [0.1, 0.15) is 50.1 Å². The molecule has 1 saturated heterocycles. The second-order valence-corrected chi connectivity index (χ2v) is 7.53. The van der Waals surface area contributed by atoms with Gasteiger partial charge >= 0.3 is 0 Å². The fourth-order valence-electron chi connectivity index (χ4n) is 4.13. The Balaban J connectivity index is 1.89. The molecule has 2 aliphatic rings. The Morgan fingerprint density at radius 2 is 1.90 bits per heavy atom. The molecule has 2 heterocycles. The lowest BCUT2D eigenvalue weighted by molar-refractivity contribution is 0.0976. The summed E-state index contributed by atoms with van der Waals surface area (Å²) in [6, 6.07) is 6.83. The first-order chi connectivity index (χ1) is 14.3. The predicted octanol–water partition coefficient (Wildman–Crippen LogP) is 2.57. The van der Waals surface area contributed by atoms with E-state index in [1.807, 2.05) is 0 Å². The van der Waals surface area contributed by atoms with Gasteiger partial charge in [-0.3, -0.25) is 14.4 Å². The van der Waals surface area contributed by atoms with Gasteiger partial charge < -0.3 is 19.4 Å². The summed E-state index contributed by atoms with van der Waals surface area (Å²) in [5.74, 6) is -1.28. The summed E-state index contributed by atoms with van der Waals surface area (Å²) >= 11 is 0. The van der Waals surface area contributed by atoms with Crippen LogP contribution in [0.15, 0.2) is 52.2 Å². The standard InChI is InChI=1S/C23H16O7/c1-3-15-23(2,30-15)16-8-14(26)17-10(9-24)7-12-19(22(17)29-16)21(28)18-11(20(12)27)5-4-6-13(18)25/h3-8,15,24-25H,1,9H2,2H3/t15-,23-/m0/s1. The summed E-state index contributed by atoms with van der Waals surface area (Å²) in [6.07, 6.45) is 1.21. The molecular weight excluding hydrogens is 388 g/mol. The van der Waals surface area contributed by atoms with E-state index < -0.39 is 29.2 Å². The topological polar surface area (TPSA) is 117 Å². The highest BCUT2D eigenvalue weighted by molar-refractivity contribution is 6.32. The van der Waals surface area contributed by atoms with E-state index in [1.165, 1.54) is 30.3 Å². The summed E-state index contributed by atoms with van der Waals surface area (Å²) < 4.78 is 11.6. The largest absolute Gasteiger partial charge is 0.507 e. The summed E-state index contributed by atoms with van der Waals surface area (Å²) in [6.45, 7) is 4.88. The molecule has 1 aliphatic heterocycles. The van der Waals surface area contributed by atoms with Crippen LogP contribution in [0.25, 0.3) is 11.0 Å². The van der Waals surface area contributed by atoms with Gasteiger partial charge in [-0.05, 0) is 24.6 Å². The molecule has 1 aliphatic carbocycles. The third-order valence-electron chi connectivity index (χ3n) is 5.80. The lowest BCUT2D eigenvalue weighted by atomic mass is 9.81. The summed E-state index contributed by atoms with van der Waals surface area (Å²) in [4.78, 5) is 39.3. The van der Waals surface area contributed by atoms with Gasteiger partial charge in [-0.25, -0.2) is 0 Å². The Labute approximate surface area is 169 Å². The zero-order valence-corrected chi connectivity index (χ0v) is 15.9. The first kappa shape index (κ1) is 18.5. The van der Waals surface area contributed by atoms with Gasteiger partial charge in [0.25, 0.3) is 0 Å². The number of aliphatic hydroxyl groups excluding tert-OH is 1. The Morgan fingerprint density at radius 3 is 2.57 bits per heavy atom. The van der Waals surface area contributed by atoms with Crippen molar-refractivity contribution in [2.45, 2.75) is 25.2 Å². The molecule has 2 atom stereocenters. The van der Waals surface area contributed by atoms with Crippen LogP contribution in [-0.4, -0.2) is 27.9 Å². The highest BCUT2D eigenvalue weighted by atomic mass is 16.6. The third-order valence-corrected chi connectivity index (χ3v) is 5.80. The van der Waals surface area contributed by atoms with Gasteiger partial charge in [-0.15, -0.1) is 6.58 Å². The van der Waals surface area contributed by atoms with Gasteiger partial charge in [-0.1, -0.05) is 18.2 Å². The van der Waals surface area contributed by atoms with Crippen molar-refractivity contribution in [1.82, 2.24) is 0 Å². The van der Waals surface area contributed by atoms with Crippen LogP contribution >= 0.6 is 0 Å². The van der Waals surface area contributed by atoms with Gasteiger partial charge in [0.2, 0.25) is 5.78 Å². The van der Waals surface area contributed by atoms with Crippen LogP contribution in [0.3, 0.4) is 0 Å². The van der Waals surface area contributed by atoms with Gasteiger partial charge in [0.15, 0.2) is 22.4 Å².